The summed E-state index contributed by atoms with van der Waals surface area (Å²) in [6, 6.07) is 4.91. The second-order valence-electron chi connectivity index (χ2n) is 7.79. The number of nitro benzene ring substituents is 1. The predicted octanol–water partition coefficient (Wildman–Crippen LogP) is 1.45. The van der Waals surface area contributed by atoms with Crippen LogP contribution in [0.2, 0.25) is 0 Å². The van der Waals surface area contributed by atoms with Crippen molar-refractivity contribution in [1.29, 1.82) is 0 Å². The number of ether oxygens (including phenoxy) is 5. The van der Waals surface area contributed by atoms with Crippen LogP contribution in [-0.2, 0) is 23.8 Å². The monoisotopic (exact) mass is 483 g/mol. The first kappa shape index (κ1) is 23.4. The molecule has 4 atom stereocenters. The number of non-ortho nitro benzene ring substituents is 1. The maximum absolute atomic E-state index is 12.5. The van der Waals surface area contributed by atoms with Gasteiger partial charge in [-0.25, -0.2) is 9.59 Å². The number of hydrogen-bond donors (Lipinski definition) is 0. The van der Waals surface area contributed by atoms with Gasteiger partial charge in [0.15, 0.2) is 12.2 Å². The minimum absolute atomic E-state index is 0.00235. The molecule has 3 aliphatic rings. The van der Waals surface area contributed by atoms with Crippen LogP contribution < -0.4 is 4.74 Å². The van der Waals surface area contributed by atoms with Gasteiger partial charge in [-0.3, -0.25) is 10.1 Å². The molecule has 3 saturated heterocycles. The summed E-state index contributed by atoms with van der Waals surface area (Å²) >= 11 is 0. The number of carbonyl (C=O) groups excluding carboxylic acids is 2. The van der Waals surface area contributed by atoms with E-state index in [2.05, 4.69) is 4.84 Å². The van der Waals surface area contributed by atoms with Gasteiger partial charge in [-0.15, -0.1) is 10.1 Å². The topological polar surface area (TPSA) is 179 Å². The van der Waals surface area contributed by atoms with E-state index in [-0.39, 0.29) is 37.7 Å². The summed E-state index contributed by atoms with van der Waals surface area (Å²) < 4.78 is 27.0. The molecule has 0 N–H and O–H groups in total. The number of nitro groups is 1. The van der Waals surface area contributed by atoms with Gasteiger partial charge in [-0.1, -0.05) is 0 Å². The van der Waals surface area contributed by atoms with Crippen molar-refractivity contribution in [2.75, 3.05) is 26.3 Å². The number of carbonyl (C=O) groups is 2. The molecule has 34 heavy (non-hydrogen) atoms. The lowest BCUT2D eigenvalue weighted by Crippen LogP contribution is -2.44. The molecule has 184 valence electrons. The van der Waals surface area contributed by atoms with Crippen LogP contribution in [-0.4, -0.2) is 84.0 Å². The molecule has 3 fully saturated rings. The zero-order chi connectivity index (χ0) is 24.2. The van der Waals surface area contributed by atoms with Gasteiger partial charge in [0.05, 0.1) is 18.1 Å². The number of rotatable bonds is 6. The van der Waals surface area contributed by atoms with E-state index in [0.29, 0.717) is 12.8 Å². The van der Waals surface area contributed by atoms with Gasteiger partial charge < -0.3 is 33.4 Å². The maximum Gasteiger partial charge on any atom is 0.514 e. The van der Waals surface area contributed by atoms with Crippen molar-refractivity contribution in [1.82, 2.24) is 4.90 Å². The van der Waals surface area contributed by atoms with Crippen molar-refractivity contribution < 1.29 is 48.1 Å². The molecule has 15 heteroatoms. The average Bonchev–Trinajstić information content (AvgIpc) is 3.37. The Morgan fingerprint density at radius 2 is 1.53 bits per heavy atom. The third-order valence-electron chi connectivity index (χ3n) is 5.65. The lowest BCUT2D eigenvalue weighted by Gasteiger charge is -2.31. The normalized spacial score (nSPS) is 26.4. The van der Waals surface area contributed by atoms with Crippen LogP contribution in [0.1, 0.15) is 12.8 Å². The lowest BCUT2D eigenvalue weighted by molar-refractivity contribution is -0.769. The molecule has 0 aliphatic carbocycles. The zero-order valence-corrected chi connectivity index (χ0v) is 17.7. The smallest absolute Gasteiger partial charge is 0.441 e. The molecule has 15 nitrogen and oxygen atoms in total. The third kappa shape index (κ3) is 5.43. The SMILES string of the molecule is O=C(Oc1ccc([N+](=O)[O-])cc1)OC1COC2C(OC(=O)N3CCC(O[N+](=O)[O-])CC3)COC12. The molecular weight excluding hydrogens is 462 g/mol. The number of nitrogens with zero attached hydrogens (tertiary/aromatic N) is 3. The van der Waals surface area contributed by atoms with E-state index in [9.17, 15) is 29.8 Å². The summed E-state index contributed by atoms with van der Waals surface area (Å²) in [5.74, 6) is 0.0672. The van der Waals surface area contributed by atoms with E-state index in [1.165, 1.54) is 29.2 Å². The predicted molar refractivity (Wildman–Crippen MR) is 106 cm³/mol. The number of piperidine rings is 1. The third-order valence-corrected chi connectivity index (χ3v) is 5.65. The number of likely N-dealkylation sites (tertiary alicyclic amines) is 1. The van der Waals surface area contributed by atoms with Crippen molar-refractivity contribution in [2.24, 2.45) is 0 Å². The first-order valence-electron chi connectivity index (χ1n) is 10.4. The van der Waals surface area contributed by atoms with Crippen LogP contribution in [0.5, 0.6) is 5.75 Å². The van der Waals surface area contributed by atoms with Crippen molar-refractivity contribution in [3.63, 3.8) is 0 Å². The number of hydrogen-bond acceptors (Lipinski definition) is 12. The van der Waals surface area contributed by atoms with E-state index in [0.717, 1.165) is 0 Å². The van der Waals surface area contributed by atoms with Gasteiger partial charge in [0.1, 0.15) is 24.1 Å². The standard InChI is InChI=1S/C19H21N3O12/c23-18(20-7-5-13(6-8-20)34-22(27)28)32-14-9-29-17-15(10-30-16(14)17)33-19(24)31-12-3-1-11(2-4-12)21(25)26/h1-4,13-17H,5-10H2. The molecule has 1 aromatic carbocycles. The zero-order valence-electron chi connectivity index (χ0n) is 17.7. The van der Waals surface area contributed by atoms with E-state index in [1.807, 2.05) is 0 Å². The molecule has 0 aromatic heterocycles. The summed E-state index contributed by atoms with van der Waals surface area (Å²) in [4.78, 5) is 51.1. The molecule has 3 heterocycles. The molecule has 4 unspecified atom stereocenters. The van der Waals surface area contributed by atoms with E-state index < -0.39 is 52.8 Å². The van der Waals surface area contributed by atoms with Gasteiger partial charge in [-0.05, 0) is 25.0 Å². The Kier molecular flexibility index (Phi) is 6.93. The van der Waals surface area contributed by atoms with E-state index in [1.54, 1.807) is 0 Å². The molecule has 1 aromatic rings. The quantitative estimate of drug-likeness (QED) is 0.246. The Morgan fingerprint density at radius 1 is 0.941 bits per heavy atom. The Morgan fingerprint density at radius 3 is 2.09 bits per heavy atom. The molecule has 3 aliphatic heterocycles. The molecule has 4 rings (SSSR count). The van der Waals surface area contributed by atoms with Crippen LogP contribution in [0.4, 0.5) is 15.3 Å². The number of amides is 1. The van der Waals surface area contributed by atoms with Crippen molar-refractivity contribution in [3.8, 4) is 5.75 Å². The Balaban J connectivity index is 1.23. The summed E-state index contributed by atoms with van der Waals surface area (Å²) in [7, 11) is 0. The van der Waals surface area contributed by atoms with Crippen LogP contribution in [0.25, 0.3) is 0 Å². The molecule has 0 spiro atoms. The summed E-state index contributed by atoms with van der Waals surface area (Å²) in [6.07, 6.45) is -4.39. The molecule has 0 bridgehead atoms. The number of benzene rings is 1. The molecule has 0 saturated carbocycles. The fraction of sp³-hybridized carbons (Fsp3) is 0.579. The highest BCUT2D eigenvalue weighted by atomic mass is 17.0. The maximum atomic E-state index is 12.5. The minimum atomic E-state index is -1.04. The van der Waals surface area contributed by atoms with E-state index in [4.69, 9.17) is 23.7 Å². The number of fused-ring (bicyclic) bond motifs is 1. The highest BCUT2D eigenvalue weighted by Gasteiger charge is 2.51. The van der Waals surface area contributed by atoms with Crippen molar-refractivity contribution in [3.05, 3.63) is 44.5 Å². The Bertz CT molecular complexity index is 933. The van der Waals surface area contributed by atoms with Crippen LogP contribution >= 0.6 is 0 Å². The fourth-order valence-electron chi connectivity index (χ4n) is 3.98. The van der Waals surface area contributed by atoms with Gasteiger partial charge in [0.25, 0.3) is 10.8 Å². The van der Waals surface area contributed by atoms with Gasteiger partial charge >= 0.3 is 12.2 Å². The average molecular weight is 483 g/mol. The summed E-state index contributed by atoms with van der Waals surface area (Å²) in [5.41, 5.74) is -0.151. The van der Waals surface area contributed by atoms with Gasteiger partial charge in [0.2, 0.25) is 0 Å². The minimum Gasteiger partial charge on any atom is -0.441 e. The second-order valence-corrected chi connectivity index (χ2v) is 7.79. The van der Waals surface area contributed by atoms with Crippen LogP contribution in [0, 0.1) is 20.2 Å². The van der Waals surface area contributed by atoms with E-state index >= 15 is 0 Å². The van der Waals surface area contributed by atoms with Gasteiger partial charge in [0, 0.05) is 25.2 Å². The van der Waals surface area contributed by atoms with Crippen molar-refractivity contribution in [2.45, 2.75) is 43.4 Å². The van der Waals surface area contributed by atoms with Gasteiger partial charge in [-0.2, -0.15) is 0 Å². The Hall–Kier alpha value is -3.72. The second kappa shape index (κ2) is 10.0. The molecular formula is C19H21N3O12. The largest absolute Gasteiger partial charge is 0.514 e. The van der Waals surface area contributed by atoms with Crippen LogP contribution in [0.15, 0.2) is 24.3 Å². The summed E-state index contributed by atoms with van der Waals surface area (Å²) in [5, 5.41) is 20.3. The first-order chi connectivity index (χ1) is 16.3. The first-order valence-corrected chi connectivity index (χ1v) is 10.4. The molecule has 1 amide bonds. The highest BCUT2D eigenvalue weighted by Crippen LogP contribution is 2.31. The summed E-state index contributed by atoms with van der Waals surface area (Å²) in [6.45, 7) is 0.543. The fourth-order valence-corrected chi connectivity index (χ4v) is 3.98. The van der Waals surface area contributed by atoms with Crippen LogP contribution in [0.3, 0.4) is 0 Å². The Labute approximate surface area is 191 Å². The molecule has 0 radical (unpaired) electrons. The lowest BCUT2D eigenvalue weighted by atomic mass is 10.1. The highest BCUT2D eigenvalue weighted by molar-refractivity contribution is 5.68. The van der Waals surface area contributed by atoms with Crippen molar-refractivity contribution >= 4 is 17.9 Å².